The summed E-state index contributed by atoms with van der Waals surface area (Å²) >= 11 is 6.03. The molecule has 33 heavy (non-hydrogen) atoms. The van der Waals surface area contributed by atoms with Gasteiger partial charge < -0.3 is 9.30 Å². The van der Waals surface area contributed by atoms with Crippen molar-refractivity contribution >= 4 is 41.2 Å². The first kappa shape index (κ1) is 22.3. The number of hydrogen-bond acceptors (Lipinski definition) is 4. The highest BCUT2D eigenvalue weighted by Gasteiger charge is 2.37. The third kappa shape index (κ3) is 4.80. The normalized spacial score (nSPS) is 15.2. The van der Waals surface area contributed by atoms with Crippen LogP contribution < -0.4 is 15.0 Å². The van der Waals surface area contributed by atoms with E-state index in [0.29, 0.717) is 29.6 Å². The number of imide groups is 2. The minimum atomic E-state index is -0.893. The topological polar surface area (TPSA) is 80.6 Å². The molecule has 4 amide bonds. The van der Waals surface area contributed by atoms with E-state index in [1.54, 1.807) is 30.5 Å². The van der Waals surface area contributed by atoms with Gasteiger partial charge in [0.05, 0.1) is 12.2 Å². The second-order valence-electron chi connectivity index (χ2n) is 7.32. The van der Waals surface area contributed by atoms with E-state index in [-0.39, 0.29) is 11.3 Å². The standard InChI is InChI=1S/C24H19ClFN3O4/c1-15-13-19(8-9-21(15)25)33-12-11-28-10-2-3-18(28)14-20-22(30)27-24(32)29(23(20)31)17-6-4-16(26)5-7-17/h2-10,13-14H,11-12H2,1H3,(H,27,30,32)/b20-14-. The van der Waals surface area contributed by atoms with Crippen molar-refractivity contribution in [1.82, 2.24) is 9.88 Å². The molecule has 2 aromatic carbocycles. The highest BCUT2D eigenvalue weighted by atomic mass is 35.5. The van der Waals surface area contributed by atoms with Crippen LogP contribution in [0.3, 0.4) is 0 Å². The summed E-state index contributed by atoms with van der Waals surface area (Å²) in [6, 6.07) is 12.8. The molecule has 1 aromatic heterocycles. The zero-order valence-electron chi connectivity index (χ0n) is 17.5. The first-order valence-electron chi connectivity index (χ1n) is 10.0. The van der Waals surface area contributed by atoms with Gasteiger partial charge in [-0.15, -0.1) is 0 Å². The molecule has 0 radical (unpaired) electrons. The SMILES string of the molecule is Cc1cc(OCCn2cccc2/C=C2/C(=O)NC(=O)N(c3ccc(F)cc3)C2=O)ccc1Cl. The van der Waals surface area contributed by atoms with E-state index in [0.717, 1.165) is 22.6 Å². The van der Waals surface area contributed by atoms with Crippen molar-refractivity contribution in [2.45, 2.75) is 13.5 Å². The number of hydrogen-bond donors (Lipinski definition) is 1. The van der Waals surface area contributed by atoms with Gasteiger partial charge in [0.2, 0.25) is 0 Å². The van der Waals surface area contributed by atoms with Gasteiger partial charge in [-0.25, -0.2) is 14.1 Å². The summed E-state index contributed by atoms with van der Waals surface area (Å²) < 4.78 is 20.8. The smallest absolute Gasteiger partial charge is 0.335 e. The summed E-state index contributed by atoms with van der Waals surface area (Å²) in [7, 11) is 0. The maximum atomic E-state index is 13.2. The molecule has 9 heteroatoms. The zero-order chi connectivity index (χ0) is 23.5. The van der Waals surface area contributed by atoms with Crippen LogP contribution in [0.5, 0.6) is 5.75 Å². The number of nitrogens with one attached hydrogen (secondary N) is 1. The fourth-order valence-electron chi connectivity index (χ4n) is 3.36. The molecule has 0 atom stereocenters. The molecule has 1 N–H and O–H groups in total. The number of amides is 4. The molecular formula is C24H19ClFN3O4. The fourth-order valence-corrected chi connectivity index (χ4v) is 3.48. The van der Waals surface area contributed by atoms with Crippen molar-refractivity contribution in [3.05, 3.63) is 88.5 Å². The van der Waals surface area contributed by atoms with E-state index in [9.17, 15) is 18.8 Å². The van der Waals surface area contributed by atoms with Crippen molar-refractivity contribution in [1.29, 1.82) is 0 Å². The number of ether oxygens (including phenoxy) is 1. The van der Waals surface area contributed by atoms with E-state index < -0.39 is 23.7 Å². The van der Waals surface area contributed by atoms with Crippen LogP contribution in [0.25, 0.3) is 6.08 Å². The predicted octanol–water partition coefficient (Wildman–Crippen LogP) is 4.33. The largest absolute Gasteiger partial charge is 0.492 e. The number of carbonyl (C=O) groups excluding carboxylic acids is 3. The number of rotatable bonds is 6. The average Bonchev–Trinajstić information content (AvgIpc) is 3.22. The fraction of sp³-hybridized carbons (Fsp3) is 0.125. The lowest BCUT2D eigenvalue weighted by molar-refractivity contribution is -0.122. The summed E-state index contributed by atoms with van der Waals surface area (Å²) in [6.45, 7) is 2.67. The highest BCUT2D eigenvalue weighted by molar-refractivity contribution is 6.39. The van der Waals surface area contributed by atoms with Crippen LogP contribution in [0.2, 0.25) is 5.02 Å². The molecule has 2 heterocycles. The van der Waals surface area contributed by atoms with Crippen molar-refractivity contribution in [2.24, 2.45) is 0 Å². The third-order valence-corrected chi connectivity index (χ3v) is 5.50. The summed E-state index contributed by atoms with van der Waals surface area (Å²) in [5.41, 5.74) is 1.42. The van der Waals surface area contributed by atoms with Gasteiger partial charge in [0, 0.05) is 16.9 Å². The highest BCUT2D eigenvalue weighted by Crippen LogP contribution is 2.23. The Kier molecular flexibility index (Phi) is 6.28. The van der Waals surface area contributed by atoms with E-state index in [1.165, 1.54) is 18.2 Å². The number of anilines is 1. The minimum Gasteiger partial charge on any atom is -0.492 e. The summed E-state index contributed by atoms with van der Waals surface area (Å²) in [5.74, 6) is -1.43. The second kappa shape index (κ2) is 9.30. The molecular weight excluding hydrogens is 449 g/mol. The lowest BCUT2D eigenvalue weighted by Gasteiger charge is -2.26. The zero-order valence-corrected chi connectivity index (χ0v) is 18.3. The third-order valence-electron chi connectivity index (χ3n) is 5.07. The number of benzene rings is 2. The Bertz CT molecular complexity index is 1270. The molecule has 0 aliphatic carbocycles. The molecule has 168 valence electrons. The first-order valence-corrected chi connectivity index (χ1v) is 10.4. The molecule has 1 saturated heterocycles. The Morgan fingerprint density at radius 1 is 1.09 bits per heavy atom. The van der Waals surface area contributed by atoms with Gasteiger partial charge >= 0.3 is 6.03 Å². The van der Waals surface area contributed by atoms with Crippen LogP contribution >= 0.6 is 11.6 Å². The molecule has 0 unspecified atom stereocenters. The van der Waals surface area contributed by atoms with Gasteiger partial charge in [0.15, 0.2) is 0 Å². The molecule has 7 nitrogen and oxygen atoms in total. The van der Waals surface area contributed by atoms with Gasteiger partial charge in [-0.3, -0.25) is 14.9 Å². The van der Waals surface area contributed by atoms with Crippen LogP contribution in [0.1, 0.15) is 11.3 Å². The van der Waals surface area contributed by atoms with Gasteiger partial charge in [0.1, 0.15) is 23.7 Å². The Balaban J connectivity index is 1.52. The lowest BCUT2D eigenvalue weighted by atomic mass is 10.1. The van der Waals surface area contributed by atoms with Crippen LogP contribution in [-0.2, 0) is 16.1 Å². The van der Waals surface area contributed by atoms with E-state index >= 15 is 0 Å². The Labute approximate surface area is 194 Å². The minimum absolute atomic E-state index is 0.152. The van der Waals surface area contributed by atoms with Crippen molar-refractivity contribution in [2.75, 3.05) is 11.5 Å². The maximum Gasteiger partial charge on any atom is 0.335 e. The first-order chi connectivity index (χ1) is 15.8. The quantitative estimate of drug-likeness (QED) is 0.432. The van der Waals surface area contributed by atoms with Crippen molar-refractivity contribution < 1.29 is 23.5 Å². The monoisotopic (exact) mass is 467 g/mol. The van der Waals surface area contributed by atoms with Crippen LogP contribution in [0.15, 0.2) is 66.4 Å². The van der Waals surface area contributed by atoms with E-state index in [1.807, 2.05) is 17.6 Å². The van der Waals surface area contributed by atoms with Crippen LogP contribution in [-0.4, -0.2) is 29.0 Å². The summed E-state index contributed by atoms with van der Waals surface area (Å²) in [4.78, 5) is 38.4. The maximum absolute atomic E-state index is 13.2. The summed E-state index contributed by atoms with van der Waals surface area (Å²) in [5, 5.41) is 2.81. The van der Waals surface area contributed by atoms with Crippen LogP contribution in [0, 0.1) is 12.7 Å². The molecule has 1 aliphatic rings. The molecule has 0 spiro atoms. The molecule has 0 saturated carbocycles. The Hall–Kier alpha value is -3.91. The average molecular weight is 468 g/mol. The number of urea groups is 1. The Morgan fingerprint density at radius 3 is 2.58 bits per heavy atom. The predicted molar refractivity (Wildman–Crippen MR) is 122 cm³/mol. The molecule has 1 aliphatic heterocycles. The molecule has 1 fully saturated rings. The van der Waals surface area contributed by atoms with Crippen molar-refractivity contribution in [3.63, 3.8) is 0 Å². The van der Waals surface area contributed by atoms with Gasteiger partial charge in [-0.05, 0) is 73.2 Å². The van der Waals surface area contributed by atoms with Gasteiger partial charge in [0.25, 0.3) is 11.8 Å². The number of aryl methyl sites for hydroxylation is 1. The molecule has 4 rings (SSSR count). The number of carbonyl (C=O) groups is 3. The number of nitrogens with zero attached hydrogens (tertiary/aromatic N) is 2. The van der Waals surface area contributed by atoms with E-state index in [4.69, 9.17) is 16.3 Å². The summed E-state index contributed by atoms with van der Waals surface area (Å²) in [6.07, 6.45) is 3.20. The van der Waals surface area contributed by atoms with E-state index in [2.05, 4.69) is 5.32 Å². The second-order valence-corrected chi connectivity index (χ2v) is 7.73. The van der Waals surface area contributed by atoms with Crippen LogP contribution in [0.4, 0.5) is 14.9 Å². The number of halogens is 2. The van der Waals surface area contributed by atoms with Gasteiger partial charge in [-0.1, -0.05) is 11.6 Å². The van der Waals surface area contributed by atoms with Gasteiger partial charge in [-0.2, -0.15) is 0 Å². The van der Waals surface area contributed by atoms with Crippen molar-refractivity contribution in [3.8, 4) is 5.75 Å². The lowest BCUT2D eigenvalue weighted by Crippen LogP contribution is -2.54. The molecule has 0 bridgehead atoms. The molecule has 3 aromatic rings. The number of barbiturate groups is 1. The number of aromatic nitrogens is 1. The Morgan fingerprint density at radius 2 is 1.85 bits per heavy atom.